The molecule has 0 bridgehead atoms. The van der Waals surface area contributed by atoms with Gasteiger partial charge in [0.25, 0.3) is 0 Å². The smallest absolute Gasteiger partial charge is 0.313 e. The van der Waals surface area contributed by atoms with E-state index in [0.29, 0.717) is 5.92 Å². The summed E-state index contributed by atoms with van der Waals surface area (Å²) in [4.78, 5) is 11.3. The SMILES string of the molecule is COC(=O)[C@]1(C)CNC[C@H]1C. The van der Waals surface area contributed by atoms with Gasteiger partial charge in [-0.15, -0.1) is 0 Å². The van der Waals surface area contributed by atoms with Crippen LogP contribution in [0.4, 0.5) is 0 Å². The summed E-state index contributed by atoms with van der Waals surface area (Å²) in [5.41, 5.74) is -0.311. The molecule has 0 aromatic heterocycles. The number of methoxy groups -OCH3 is 1. The van der Waals surface area contributed by atoms with Gasteiger partial charge in [-0.1, -0.05) is 6.92 Å². The largest absolute Gasteiger partial charge is 0.469 e. The molecule has 0 amide bonds. The Morgan fingerprint density at radius 2 is 2.36 bits per heavy atom. The molecule has 0 saturated carbocycles. The van der Waals surface area contributed by atoms with Crippen molar-refractivity contribution in [1.82, 2.24) is 5.32 Å². The fourth-order valence-electron chi connectivity index (χ4n) is 1.45. The molecule has 1 fully saturated rings. The first kappa shape index (κ1) is 8.53. The van der Waals surface area contributed by atoms with Crippen LogP contribution in [0.5, 0.6) is 0 Å². The van der Waals surface area contributed by atoms with E-state index >= 15 is 0 Å². The van der Waals surface area contributed by atoms with Crippen LogP contribution in [-0.4, -0.2) is 26.2 Å². The van der Waals surface area contributed by atoms with Crippen molar-refractivity contribution in [3.05, 3.63) is 0 Å². The zero-order valence-corrected chi connectivity index (χ0v) is 7.31. The number of carbonyl (C=O) groups excluding carboxylic acids is 1. The van der Waals surface area contributed by atoms with Crippen LogP contribution in [0, 0.1) is 11.3 Å². The molecule has 1 rings (SSSR count). The number of ether oxygens (including phenoxy) is 1. The zero-order chi connectivity index (χ0) is 8.48. The van der Waals surface area contributed by atoms with E-state index in [-0.39, 0.29) is 11.4 Å². The predicted molar refractivity (Wildman–Crippen MR) is 42.2 cm³/mol. The minimum atomic E-state index is -0.311. The second-order valence-corrected chi connectivity index (χ2v) is 3.44. The highest BCUT2D eigenvalue weighted by atomic mass is 16.5. The summed E-state index contributed by atoms with van der Waals surface area (Å²) in [5, 5.41) is 3.18. The summed E-state index contributed by atoms with van der Waals surface area (Å²) in [7, 11) is 1.44. The summed E-state index contributed by atoms with van der Waals surface area (Å²) in [6, 6.07) is 0. The third-order valence-corrected chi connectivity index (χ3v) is 2.68. The van der Waals surface area contributed by atoms with Crippen molar-refractivity contribution in [2.45, 2.75) is 13.8 Å². The topological polar surface area (TPSA) is 38.3 Å². The number of carbonyl (C=O) groups is 1. The zero-order valence-electron chi connectivity index (χ0n) is 7.31. The Morgan fingerprint density at radius 1 is 1.73 bits per heavy atom. The van der Waals surface area contributed by atoms with Crippen LogP contribution in [0.3, 0.4) is 0 Å². The maximum Gasteiger partial charge on any atom is 0.313 e. The number of esters is 1. The lowest BCUT2D eigenvalue weighted by molar-refractivity contribution is -0.152. The summed E-state index contributed by atoms with van der Waals surface area (Å²) < 4.78 is 4.73. The molecule has 0 spiro atoms. The van der Waals surface area contributed by atoms with Gasteiger partial charge in [0.1, 0.15) is 0 Å². The van der Waals surface area contributed by atoms with Gasteiger partial charge < -0.3 is 10.1 Å². The molecule has 3 heteroatoms. The van der Waals surface area contributed by atoms with Gasteiger partial charge in [-0.25, -0.2) is 0 Å². The highest BCUT2D eigenvalue weighted by molar-refractivity contribution is 5.77. The van der Waals surface area contributed by atoms with Gasteiger partial charge in [0, 0.05) is 6.54 Å². The van der Waals surface area contributed by atoms with Crippen molar-refractivity contribution < 1.29 is 9.53 Å². The summed E-state index contributed by atoms with van der Waals surface area (Å²) in [6.45, 7) is 5.66. The first-order chi connectivity index (χ1) is 5.11. The normalized spacial score (nSPS) is 37.2. The molecule has 0 aliphatic carbocycles. The second kappa shape index (κ2) is 2.81. The first-order valence-corrected chi connectivity index (χ1v) is 3.90. The molecule has 0 radical (unpaired) electrons. The quantitative estimate of drug-likeness (QED) is 0.560. The fraction of sp³-hybridized carbons (Fsp3) is 0.875. The maximum atomic E-state index is 11.3. The molecule has 0 aromatic carbocycles. The molecule has 1 saturated heterocycles. The van der Waals surface area contributed by atoms with Crippen LogP contribution in [0.25, 0.3) is 0 Å². The average Bonchev–Trinajstić information content (AvgIpc) is 2.32. The number of hydrogen-bond acceptors (Lipinski definition) is 3. The van der Waals surface area contributed by atoms with E-state index in [2.05, 4.69) is 12.2 Å². The highest BCUT2D eigenvalue weighted by Gasteiger charge is 2.43. The Bertz CT molecular complexity index is 169. The molecule has 0 unspecified atom stereocenters. The van der Waals surface area contributed by atoms with Gasteiger partial charge >= 0.3 is 5.97 Å². The van der Waals surface area contributed by atoms with E-state index in [4.69, 9.17) is 4.74 Å². The van der Waals surface area contributed by atoms with Crippen molar-refractivity contribution in [3.8, 4) is 0 Å². The van der Waals surface area contributed by atoms with Crippen LogP contribution in [0.15, 0.2) is 0 Å². The average molecular weight is 157 g/mol. The Kier molecular flexibility index (Phi) is 2.18. The van der Waals surface area contributed by atoms with Gasteiger partial charge in [-0.2, -0.15) is 0 Å². The van der Waals surface area contributed by atoms with Crippen LogP contribution < -0.4 is 5.32 Å². The molecule has 64 valence electrons. The highest BCUT2D eigenvalue weighted by Crippen LogP contribution is 2.31. The summed E-state index contributed by atoms with van der Waals surface area (Å²) in [5.74, 6) is 0.268. The lowest BCUT2D eigenvalue weighted by Crippen LogP contribution is -2.35. The van der Waals surface area contributed by atoms with E-state index < -0.39 is 0 Å². The monoisotopic (exact) mass is 157 g/mol. The first-order valence-electron chi connectivity index (χ1n) is 3.90. The van der Waals surface area contributed by atoms with E-state index in [1.165, 1.54) is 7.11 Å². The van der Waals surface area contributed by atoms with E-state index in [1.54, 1.807) is 0 Å². The standard InChI is InChI=1S/C8H15NO2/c1-6-4-9-5-8(6,2)7(10)11-3/h6,9H,4-5H2,1-3H3/t6-,8-/m1/s1. The van der Waals surface area contributed by atoms with Crippen molar-refractivity contribution >= 4 is 5.97 Å². The minimum absolute atomic E-state index is 0.102. The molecule has 3 nitrogen and oxygen atoms in total. The predicted octanol–water partition coefficient (Wildman–Crippen LogP) is 0.405. The Hall–Kier alpha value is -0.570. The molecule has 1 aliphatic heterocycles. The molecular formula is C8H15NO2. The lowest BCUT2D eigenvalue weighted by Gasteiger charge is -2.24. The van der Waals surface area contributed by atoms with Gasteiger partial charge in [0.15, 0.2) is 0 Å². The molecule has 0 aromatic rings. The van der Waals surface area contributed by atoms with Crippen LogP contribution >= 0.6 is 0 Å². The van der Waals surface area contributed by atoms with Crippen molar-refractivity contribution in [2.75, 3.05) is 20.2 Å². The molecule has 2 atom stereocenters. The Labute approximate surface area is 67.1 Å². The minimum Gasteiger partial charge on any atom is -0.469 e. The summed E-state index contributed by atoms with van der Waals surface area (Å²) in [6.07, 6.45) is 0. The van der Waals surface area contributed by atoms with Gasteiger partial charge in [-0.05, 0) is 19.4 Å². The van der Waals surface area contributed by atoms with E-state index in [9.17, 15) is 4.79 Å². The van der Waals surface area contributed by atoms with Crippen molar-refractivity contribution in [1.29, 1.82) is 0 Å². The van der Waals surface area contributed by atoms with Crippen LogP contribution in [0.1, 0.15) is 13.8 Å². The van der Waals surface area contributed by atoms with Crippen molar-refractivity contribution in [3.63, 3.8) is 0 Å². The second-order valence-electron chi connectivity index (χ2n) is 3.44. The van der Waals surface area contributed by atoms with Gasteiger partial charge in [-0.3, -0.25) is 4.79 Å². The fourth-order valence-corrected chi connectivity index (χ4v) is 1.45. The lowest BCUT2D eigenvalue weighted by atomic mass is 9.81. The van der Waals surface area contributed by atoms with Crippen LogP contribution in [-0.2, 0) is 9.53 Å². The van der Waals surface area contributed by atoms with Gasteiger partial charge in [0.2, 0.25) is 0 Å². The number of nitrogens with one attached hydrogen (secondary N) is 1. The van der Waals surface area contributed by atoms with Crippen LogP contribution in [0.2, 0.25) is 0 Å². The van der Waals surface area contributed by atoms with Crippen molar-refractivity contribution in [2.24, 2.45) is 11.3 Å². The van der Waals surface area contributed by atoms with E-state index in [0.717, 1.165) is 13.1 Å². The van der Waals surface area contributed by atoms with Gasteiger partial charge in [0.05, 0.1) is 12.5 Å². The molecule has 1 N–H and O–H groups in total. The molecular weight excluding hydrogens is 142 g/mol. The number of rotatable bonds is 1. The molecule has 11 heavy (non-hydrogen) atoms. The summed E-state index contributed by atoms with van der Waals surface area (Å²) >= 11 is 0. The number of hydrogen-bond donors (Lipinski definition) is 1. The maximum absolute atomic E-state index is 11.3. The van der Waals surface area contributed by atoms with E-state index in [1.807, 2.05) is 6.92 Å². The Morgan fingerprint density at radius 3 is 2.73 bits per heavy atom. The molecule has 1 heterocycles. The molecule has 1 aliphatic rings. The third-order valence-electron chi connectivity index (χ3n) is 2.68. The Balaban J connectivity index is 2.72. The third kappa shape index (κ3) is 1.25.